The van der Waals surface area contributed by atoms with Crippen molar-refractivity contribution in [1.29, 1.82) is 0 Å². The van der Waals surface area contributed by atoms with E-state index in [2.05, 4.69) is 9.88 Å². The molecule has 108 valence electrons. The molecule has 0 atom stereocenters. The Kier molecular flexibility index (Phi) is 3.87. The van der Waals surface area contributed by atoms with Gasteiger partial charge >= 0.3 is 0 Å². The zero-order valence-corrected chi connectivity index (χ0v) is 11.8. The van der Waals surface area contributed by atoms with E-state index in [9.17, 15) is 4.79 Å². The van der Waals surface area contributed by atoms with Gasteiger partial charge in [-0.25, -0.2) is 0 Å². The minimum absolute atomic E-state index is 0.176. The Bertz CT molecular complexity index is 461. The number of aromatic nitrogens is 1. The molecule has 1 aromatic rings. The van der Waals surface area contributed by atoms with Gasteiger partial charge in [-0.1, -0.05) is 6.42 Å². The number of rotatable bonds is 3. The van der Waals surface area contributed by atoms with Crippen LogP contribution in [0.2, 0.25) is 0 Å². The first-order valence-electron chi connectivity index (χ1n) is 7.44. The summed E-state index contributed by atoms with van der Waals surface area (Å²) in [7, 11) is 0. The molecular formula is C15H22N4O. The van der Waals surface area contributed by atoms with Crippen molar-refractivity contribution in [1.82, 2.24) is 14.8 Å². The molecule has 0 bridgehead atoms. The second-order valence-electron chi connectivity index (χ2n) is 5.76. The lowest BCUT2D eigenvalue weighted by molar-refractivity contribution is -0.132. The highest BCUT2D eigenvalue weighted by molar-refractivity contribution is 5.78. The van der Waals surface area contributed by atoms with Crippen molar-refractivity contribution in [3.8, 4) is 0 Å². The number of hydrogen-bond acceptors (Lipinski definition) is 4. The van der Waals surface area contributed by atoms with Gasteiger partial charge in [0, 0.05) is 37.9 Å². The van der Waals surface area contributed by atoms with Crippen LogP contribution in [0.25, 0.3) is 0 Å². The molecule has 1 aliphatic carbocycles. The molecule has 1 aromatic heterocycles. The number of hydrogen-bond donors (Lipinski definition) is 1. The van der Waals surface area contributed by atoms with Crippen molar-refractivity contribution in [2.45, 2.75) is 31.7 Å². The van der Waals surface area contributed by atoms with Crippen LogP contribution >= 0.6 is 0 Å². The molecule has 2 fully saturated rings. The largest absolute Gasteiger partial charge is 0.397 e. The van der Waals surface area contributed by atoms with Gasteiger partial charge in [0.15, 0.2) is 0 Å². The minimum atomic E-state index is 0.176. The second-order valence-corrected chi connectivity index (χ2v) is 5.76. The SMILES string of the molecule is Nc1ccc(CC(=O)N2CCN(C3CCC3)CC2)nc1. The van der Waals surface area contributed by atoms with Crippen LogP contribution in [0.5, 0.6) is 0 Å². The molecule has 0 spiro atoms. The topological polar surface area (TPSA) is 62.5 Å². The standard InChI is InChI=1S/C15H22N4O/c16-12-4-5-13(17-11-12)10-15(20)19-8-6-18(7-9-19)14-2-1-3-14/h4-5,11,14H,1-3,6-10,16H2. The lowest BCUT2D eigenvalue weighted by Gasteiger charge is -2.42. The van der Waals surface area contributed by atoms with Gasteiger partial charge in [0.2, 0.25) is 5.91 Å². The lowest BCUT2D eigenvalue weighted by Crippen LogP contribution is -2.53. The Morgan fingerprint density at radius 1 is 1.25 bits per heavy atom. The molecule has 3 rings (SSSR count). The summed E-state index contributed by atoms with van der Waals surface area (Å²) in [6.45, 7) is 3.74. The van der Waals surface area contributed by atoms with Crippen LogP contribution in [0.1, 0.15) is 25.0 Å². The van der Waals surface area contributed by atoms with Gasteiger partial charge in [-0.05, 0) is 25.0 Å². The van der Waals surface area contributed by atoms with E-state index in [1.165, 1.54) is 19.3 Å². The van der Waals surface area contributed by atoms with E-state index in [4.69, 9.17) is 5.73 Å². The third kappa shape index (κ3) is 2.93. The maximum Gasteiger partial charge on any atom is 0.228 e. The Labute approximate surface area is 119 Å². The third-order valence-electron chi connectivity index (χ3n) is 4.44. The number of carbonyl (C=O) groups is 1. The first-order chi connectivity index (χ1) is 9.72. The third-order valence-corrected chi connectivity index (χ3v) is 4.44. The molecule has 20 heavy (non-hydrogen) atoms. The second kappa shape index (κ2) is 5.79. The molecule has 2 heterocycles. The van der Waals surface area contributed by atoms with Gasteiger partial charge in [-0.3, -0.25) is 14.7 Å². The highest BCUT2D eigenvalue weighted by atomic mass is 16.2. The Balaban J connectivity index is 1.49. The number of amides is 1. The van der Waals surface area contributed by atoms with Crippen molar-refractivity contribution >= 4 is 11.6 Å². The smallest absolute Gasteiger partial charge is 0.228 e. The monoisotopic (exact) mass is 274 g/mol. The van der Waals surface area contributed by atoms with Crippen LogP contribution in [0.4, 0.5) is 5.69 Å². The van der Waals surface area contributed by atoms with E-state index in [1.54, 1.807) is 12.3 Å². The number of pyridine rings is 1. The summed E-state index contributed by atoms with van der Waals surface area (Å²) in [6.07, 6.45) is 6.03. The number of nitrogens with two attached hydrogens (primary N) is 1. The summed E-state index contributed by atoms with van der Waals surface area (Å²) in [5, 5.41) is 0. The number of nitrogen functional groups attached to an aromatic ring is 1. The number of piperazine rings is 1. The highest BCUT2D eigenvalue weighted by Crippen LogP contribution is 2.25. The van der Waals surface area contributed by atoms with E-state index in [0.29, 0.717) is 12.1 Å². The molecular weight excluding hydrogens is 252 g/mol. The van der Waals surface area contributed by atoms with Gasteiger partial charge in [0.25, 0.3) is 0 Å². The Morgan fingerprint density at radius 2 is 2.00 bits per heavy atom. The van der Waals surface area contributed by atoms with Crippen LogP contribution in [0.15, 0.2) is 18.3 Å². The van der Waals surface area contributed by atoms with Gasteiger partial charge < -0.3 is 10.6 Å². The van der Waals surface area contributed by atoms with Crippen molar-refractivity contribution in [2.24, 2.45) is 0 Å². The average Bonchev–Trinajstić information content (AvgIpc) is 2.40. The summed E-state index contributed by atoms with van der Waals surface area (Å²) in [5.74, 6) is 0.176. The van der Waals surface area contributed by atoms with E-state index in [-0.39, 0.29) is 5.91 Å². The molecule has 2 N–H and O–H groups in total. The number of anilines is 1. The van der Waals surface area contributed by atoms with E-state index in [1.807, 2.05) is 11.0 Å². The molecule has 0 aromatic carbocycles. The maximum absolute atomic E-state index is 12.2. The highest BCUT2D eigenvalue weighted by Gasteiger charge is 2.29. The normalized spacial score (nSPS) is 20.7. The van der Waals surface area contributed by atoms with Crippen LogP contribution < -0.4 is 5.73 Å². The summed E-state index contributed by atoms with van der Waals surface area (Å²) in [5.41, 5.74) is 7.03. The van der Waals surface area contributed by atoms with Crippen molar-refractivity contribution in [2.75, 3.05) is 31.9 Å². The molecule has 1 saturated heterocycles. The van der Waals surface area contributed by atoms with Crippen LogP contribution in [0, 0.1) is 0 Å². The zero-order chi connectivity index (χ0) is 13.9. The van der Waals surface area contributed by atoms with Crippen molar-refractivity contribution in [3.63, 3.8) is 0 Å². The minimum Gasteiger partial charge on any atom is -0.397 e. The molecule has 1 aliphatic heterocycles. The Hall–Kier alpha value is -1.62. The van der Waals surface area contributed by atoms with Gasteiger partial charge in [-0.15, -0.1) is 0 Å². The van der Waals surface area contributed by atoms with E-state index >= 15 is 0 Å². The predicted octanol–water partition coefficient (Wildman–Crippen LogP) is 0.903. The fourth-order valence-corrected chi connectivity index (χ4v) is 2.90. The van der Waals surface area contributed by atoms with E-state index < -0.39 is 0 Å². The molecule has 5 heteroatoms. The fraction of sp³-hybridized carbons (Fsp3) is 0.600. The number of nitrogens with zero attached hydrogens (tertiary/aromatic N) is 3. The van der Waals surface area contributed by atoms with Gasteiger partial charge in [0.1, 0.15) is 0 Å². The average molecular weight is 274 g/mol. The van der Waals surface area contributed by atoms with Gasteiger partial charge in [-0.2, -0.15) is 0 Å². The fourth-order valence-electron chi connectivity index (χ4n) is 2.90. The molecule has 2 aliphatic rings. The van der Waals surface area contributed by atoms with Crippen LogP contribution in [-0.4, -0.2) is 52.9 Å². The first-order valence-corrected chi connectivity index (χ1v) is 7.44. The Morgan fingerprint density at radius 3 is 2.55 bits per heavy atom. The van der Waals surface area contributed by atoms with Crippen molar-refractivity contribution < 1.29 is 4.79 Å². The number of carbonyl (C=O) groups excluding carboxylic acids is 1. The van der Waals surface area contributed by atoms with Crippen LogP contribution in [0.3, 0.4) is 0 Å². The summed E-state index contributed by atoms with van der Waals surface area (Å²) in [4.78, 5) is 20.9. The maximum atomic E-state index is 12.2. The van der Waals surface area contributed by atoms with E-state index in [0.717, 1.165) is 37.9 Å². The molecule has 1 saturated carbocycles. The molecule has 5 nitrogen and oxygen atoms in total. The summed E-state index contributed by atoms with van der Waals surface area (Å²) < 4.78 is 0. The molecule has 0 radical (unpaired) electrons. The summed E-state index contributed by atoms with van der Waals surface area (Å²) in [6, 6.07) is 4.41. The lowest BCUT2D eigenvalue weighted by atomic mass is 9.91. The molecule has 0 unspecified atom stereocenters. The quantitative estimate of drug-likeness (QED) is 0.889. The molecule has 1 amide bonds. The summed E-state index contributed by atoms with van der Waals surface area (Å²) >= 11 is 0. The predicted molar refractivity (Wildman–Crippen MR) is 78.1 cm³/mol. The van der Waals surface area contributed by atoms with Crippen molar-refractivity contribution in [3.05, 3.63) is 24.0 Å². The zero-order valence-electron chi connectivity index (χ0n) is 11.8. The van der Waals surface area contributed by atoms with Gasteiger partial charge in [0.05, 0.1) is 18.3 Å². The first kappa shape index (κ1) is 13.4. The van der Waals surface area contributed by atoms with Crippen LogP contribution in [-0.2, 0) is 11.2 Å².